The molecule has 0 aliphatic carbocycles. The minimum absolute atomic E-state index is 0.0369. The molecule has 0 spiro atoms. The van der Waals surface area contributed by atoms with Gasteiger partial charge in [-0.05, 0) is 107 Å². The number of hydrogen-bond acceptors (Lipinski definition) is 15. The molecule has 26 nitrogen and oxygen atoms in total. The van der Waals surface area contributed by atoms with Gasteiger partial charge in [0.25, 0.3) is 0 Å². The molecule has 1 heterocycles. The van der Waals surface area contributed by atoms with Crippen LogP contribution in [0.5, 0.6) is 0 Å². The highest BCUT2D eigenvalue weighted by Gasteiger charge is 2.47. The van der Waals surface area contributed by atoms with E-state index in [9.17, 15) is 34.2 Å². The summed E-state index contributed by atoms with van der Waals surface area (Å²) in [7, 11) is 9.98. The molecular weight excluding hydrogens is 1290 g/mol. The van der Waals surface area contributed by atoms with E-state index in [2.05, 4.69) is 26.6 Å². The van der Waals surface area contributed by atoms with Crippen molar-refractivity contribution in [3.8, 4) is 0 Å². The molecule has 0 saturated carbocycles. The first-order valence-electron chi connectivity index (χ1n) is 36.0. The SMILES string of the molecule is CC[C@@H]1NC(=O)[C@H]([C@H](O)[C@H](C)CCCCCCNC(C)=O)N(C)C(=O)[C@H](C(C)C)N(C)C(=O)[C@H](CC(C)C)N(C)C(=O)[C@H](CC(C)C)N(C)C(=O)[C@@H](C)NC(=O)[C@H](C)NC(=O)[C@H](CC(C)C)N(C)C(=O)[C@H](C(C)C)NC(=O)[C@H](CC(C)C)N(C)C(=O)[C@@H](CSC(C)(C)CCO)N(C)C1=O. The summed E-state index contributed by atoms with van der Waals surface area (Å²) < 4.78 is -0.631. The van der Waals surface area contributed by atoms with Crippen LogP contribution in [0.15, 0.2) is 0 Å². The summed E-state index contributed by atoms with van der Waals surface area (Å²) in [5.74, 6) is -10.4. The molecule has 27 heteroatoms. The van der Waals surface area contributed by atoms with E-state index < -0.39 is 160 Å². The zero-order valence-electron chi connectivity index (χ0n) is 65.2. The van der Waals surface area contributed by atoms with Crippen molar-refractivity contribution in [1.29, 1.82) is 0 Å². The van der Waals surface area contributed by atoms with Gasteiger partial charge in [0.1, 0.15) is 66.5 Å². The second kappa shape index (κ2) is 42.4. The minimum atomic E-state index is -1.67. The number of thioether (sulfide) groups is 1. The predicted octanol–water partition coefficient (Wildman–Crippen LogP) is 4.65. The van der Waals surface area contributed by atoms with Crippen molar-refractivity contribution in [3.05, 3.63) is 0 Å². The Balaban J connectivity index is 4.58. The van der Waals surface area contributed by atoms with E-state index >= 15 is 33.6 Å². The number of likely N-dealkylation sites (N-methyl/N-ethyl adjacent to an activating group) is 7. The van der Waals surface area contributed by atoms with Crippen LogP contribution >= 0.6 is 11.8 Å². The van der Waals surface area contributed by atoms with Gasteiger partial charge in [-0.3, -0.25) is 57.5 Å². The Morgan fingerprint density at radius 3 is 1.36 bits per heavy atom. The first-order valence-corrected chi connectivity index (χ1v) is 37.0. The van der Waals surface area contributed by atoms with Crippen LogP contribution in [0.3, 0.4) is 0 Å². The highest BCUT2D eigenvalue weighted by molar-refractivity contribution is 8.00. The van der Waals surface area contributed by atoms with Crippen molar-refractivity contribution >= 4 is 82.6 Å². The van der Waals surface area contributed by atoms with Gasteiger partial charge in [-0.15, -0.1) is 0 Å². The molecule has 0 aromatic rings. The summed E-state index contributed by atoms with van der Waals surface area (Å²) in [6.07, 6.45) is 2.44. The third-order valence-electron chi connectivity index (χ3n) is 18.9. The Kier molecular flexibility index (Phi) is 38.9. The number of carbonyl (C=O) groups excluding carboxylic acids is 12. The van der Waals surface area contributed by atoms with Gasteiger partial charge < -0.3 is 71.1 Å². The van der Waals surface area contributed by atoms with E-state index in [1.807, 2.05) is 69.2 Å². The average Bonchev–Trinajstić information content (AvgIpc) is 0.806. The van der Waals surface area contributed by atoms with Crippen molar-refractivity contribution in [1.82, 2.24) is 60.9 Å². The van der Waals surface area contributed by atoms with E-state index in [0.29, 0.717) is 25.8 Å². The fourth-order valence-electron chi connectivity index (χ4n) is 12.5. The molecule has 0 radical (unpaired) electrons. The van der Waals surface area contributed by atoms with Crippen LogP contribution in [0, 0.1) is 41.4 Å². The van der Waals surface area contributed by atoms with Crippen molar-refractivity contribution in [2.75, 3.05) is 68.2 Å². The van der Waals surface area contributed by atoms with Gasteiger partial charge in [-0.2, -0.15) is 11.8 Å². The maximum atomic E-state index is 15.5. The van der Waals surface area contributed by atoms with Gasteiger partial charge in [-0.25, -0.2) is 0 Å². The summed E-state index contributed by atoms with van der Waals surface area (Å²) in [6, 6.07) is -14.2. The summed E-state index contributed by atoms with van der Waals surface area (Å²) in [6.45, 7) is 33.6. The monoisotopic (exact) mass is 1420 g/mol. The summed E-state index contributed by atoms with van der Waals surface area (Å²) in [4.78, 5) is 185. The molecule has 12 amide bonds. The van der Waals surface area contributed by atoms with Crippen LogP contribution in [0.1, 0.15) is 202 Å². The zero-order chi connectivity index (χ0) is 76.6. The molecular formula is C72H132N12O14S. The van der Waals surface area contributed by atoms with E-state index in [-0.39, 0.29) is 74.0 Å². The third kappa shape index (κ3) is 27.7. The topological polar surface area (TPSA) is 328 Å². The maximum Gasteiger partial charge on any atom is 0.246 e. The molecule has 1 fully saturated rings. The Hall–Kier alpha value is -6.09. The Bertz CT molecular complexity index is 2680. The fourth-order valence-corrected chi connectivity index (χ4v) is 13.7. The second-order valence-electron chi connectivity index (χ2n) is 30.7. The molecule has 1 saturated heterocycles. The molecule has 0 aromatic carbocycles. The highest BCUT2D eigenvalue weighted by Crippen LogP contribution is 2.31. The van der Waals surface area contributed by atoms with E-state index in [4.69, 9.17) is 0 Å². The summed E-state index contributed by atoms with van der Waals surface area (Å²) >= 11 is 1.31. The van der Waals surface area contributed by atoms with Crippen molar-refractivity contribution in [2.45, 2.75) is 279 Å². The Labute approximate surface area is 597 Å². The normalized spacial score (nSPS) is 25.6. The lowest BCUT2D eigenvalue weighted by Crippen LogP contribution is -2.64. The second-order valence-corrected chi connectivity index (χ2v) is 32.5. The van der Waals surface area contributed by atoms with E-state index in [0.717, 1.165) is 24.2 Å². The lowest BCUT2D eigenvalue weighted by atomic mass is 9.90. The number of aliphatic hydroxyl groups is 2. The summed E-state index contributed by atoms with van der Waals surface area (Å²) in [5, 5.41) is 36.6. The molecule has 99 heavy (non-hydrogen) atoms. The zero-order valence-corrected chi connectivity index (χ0v) is 66.0. The van der Waals surface area contributed by atoms with Crippen LogP contribution in [0.4, 0.5) is 0 Å². The van der Waals surface area contributed by atoms with E-state index in [1.54, 1.807) is 41.5 Å². The molecule has 13 atom stereocenters. The molecule has 0 aromatic heterocycles. The smallest absolute Gasteiger partial charge is 0.246 e. The third-order valence-corrected chi connectivity index (χ3v) is 20.4. The van der Waals surface area contributed by atoms with E-state index in [1.165, 1.54) is 111 Å². The number of nitrogens with zero attached hydrogens (tertiary/aromatic N) is 7. The van der Waals surface area contributed by atoms with Crippen LogP contribution in [0.25, 0.3) is 0 Å². The van der Waals surface area contributed by atoms with Crippen LogP contribution in [-0.2, 0) is 57.5 Å². The van der Waals surface area contributed by atoms with Crippen LogP contribution < -0.4 is 26.6 Å². The molecule has 1 rings (SSSR count). The maximum absolute atomic E-state index is 15.5. The molecule has 1 aliphatic rings. The summed E-state index contributed by atoms with van der Waals surface area (Å²) in [5.41, 5.74) is 0. The van der Waals surface area contributed by atoms with Gasteiger partial charge in [0.2, 0.25) is 70.9 Å². The first-order chi connectivity index (χ1) is 45.7. The number of unbranched alkanes of at least 4 members (excludes halogenated alkanes) is 3. The highest BCUT2D eigenvalue weighted by atomic mass is 32.2. The number of rotatable bonds is 25. The van der Waals surface area contributed by atoms with Crippen molar-refractivity contribution in [3.63, 3.8) is 0 Å². The molecule has 570 valence electrons. The first kappa shape index (κ1) is 90.9. The van der Waals surface area contributed by atoms with Gasteiger partial charge >= 0.3 is 0 Å². The lowest BCUT2D eigenvalue weighted by Gasteiger charge is -2.42. The molecule has 0 unspecified atom stereocenters. The Morgan fingerprint density at radius 2 is 0.899 bits per heavy atom. The number of nitrogens with one attached hydrogen (secondary N) is 5. The van der Waals surface area contributed by atoms with Crippen LogP contribution in [0.2, 0.25) is 0 Å². The predicted molar refractivity (Wildman–Crippen MR) is 388 cm³/mol. The number of aliphatic hydroxyl groups excluding tert-OH is 2. The van der Waals surface area contributed by atoms with Gasteiger partial charge in [0.15, 0.2) is 0 Å². The quantitative estimate of drug-likeness (QED) is 0.0612. The fraction of sp³-hybridized carbons (Fsp3) is 0.833. The Morgan fingerprint density at radius 1 is 0.485 bits per heavy atom. The molecule has 0 bridgehead atoms. The van der Waals surface area contributed by atoms with Crippen molar-refractivity contribution in [2.24, 2.45) is 41.4 Å². The van der Waals surface area contributed by atoms with Gasteiger partial charge in [0.05, 0.1) is 6.10 Å². The molecule has 7 N–H and O–H groups in total. The lowest BCUT2D eigenvalue weighted by molar-refractivity contribution is -0.157. The number of amides is 12. The van der Waals surface area contributed by atoms with Crippen LogP contribution in [-0.4, -0.2) is 261 Å². The van der Waals surface area contributed by atoms with Gasteiger partial charge in [0, 0.05) is 79.9 Å². The largest absolute Gasteiger partial charge is 0.396 e. The number of hydrogen-bond donors (Lipinski definition) is 7. The molecule has 1 aliphatic heterocycles. The van der Waals surface area contributed by atoms with Crippen molar-refractivity contribution < 1.29 is 67.7 Å². The minimum Gasteiger partial charge on any atom is -0.396 e. The van der Waals surface area contributed by atoms with Gasteiger partial charge in [-0.1, -0.05) is 130 Å². The average molecular weight is 1420 g/mol. The number of carbonyl (C=O) groups is 12. The standard InChI is InChI=1S/C72H132N12O14S/c1-27-51-66(93)82(24)56(40-99-72(18,19)33-35-85)69(96)78(20)53(37-42(4)5)63(90)77-57(45(10)11)70(97)79(21)52(36-41(2)3)62(89)74-48(15)61(88)75-49(16)65(92)80(22)54(38-43(6)7)67(94)81(23)55(39-44(8)9)68(95)83(25)58(46(12)13)71(98)84(26)59(64(91)76-51)60(87)47(14)32-30-28-29-31-34-73-50(17)86/h41-49,51-60,85,87H,27-40H2,1-26H3,(H,73,86)(H,74,89)(H,75,88)(H,76,91)(H,77,90)/t47-,48+,49-,51+,52+,53+,54+,55+,56-,57+,58+,59+,60-/m1/s1.